The smallest absolute Gasteiger partial charge is 0.341 e. The Hall–Kier alpha value is -3.26. The van der Waals surface area contributed by atoms with Gasteiger partial charge in [-0.3, -0.25) is 14.5 Å². The Labute approximate surface area is 209 Å². The predicted molar refractivity (Wildman–Crippen MR) is 138 cm³/mol. The first-order valence-electron chi connectivity index (χ1n) is 12.0. The van der Waals surface area contributed by atoms with Crippen LogP contribution in [-0.4, -0.2) is 38.6 Å². The highest BCUT2D eigenvalue weighted by Crippen LogP contribution is 2.33. The fraction of sp³-hybridized carbons (Fsp3) is 0.407. The molecule has 7 nitrogen and oxygen atoms in total. The normalized spacial score (nSPS) is 18.0. The number of carboxylic acid groups (broad SMARTS) is 1. The lowest BCUT2D eigenvalue weighted by Gasteiger charge is -2.32. The number of nitrogens with zero attached hydrogens (tertiary/aromatic N) is 3. The second-order valence-corrected chi connectivity index (χ2v) is 10.7. The minimum atomic E-state index is -1.12. The third-order valence-electron chi connectivity index (χ3n) is 6.64. The molecule has 0 saturated heterocycles. The van der Waals surface area contributed by atoms with E-state index >= 15 is 0 Å². The Morgan fingerprint density at radius 2 is 1.71 bits per heavy atom. The number of anilines is 1. The van der Waals surface area contributed by atoms with E-state index in [4.69, 9.17) is 0 Å². The van der Waals surface area contributed by atoms with Crippen LogP contribution in [-0.2, 0) is 4.79 Å². The zero-order valence-corrected chi connectivity index (χ0v) is 21.3. The summed E-state index contributed by atoms with van der Waals surface area (Å²) in [6.07, 6.45) is 5.13. The van der Waals surface area contributed by atoms with Gasteiger partial charge in [0, 0.05) is 23.0 Å². The SMILES string of the molecule is CC(=O)c1ccc(-c2ccc(-n3cc(C(=O)O)c(N(C(=O)[C@H]4CC[C@H](C)CC4)C(C)C)n3)cc2)s1. The van der Waals surface area contributed by atoms with Gasteiger partial charge in [-0.15, -0.1) is 16.4 Å². The Kier molecular flexibility index (Phi) is 7.21. The average molecular weight is 494 g/mol. The van der Waals surface area contributed by atoms with Crippen molar-refractivity contribution < 1.29 is 19.5 Å². The highest BCUT2D eigenvalue weighted by molar-refractivity contribution is 7.17. The summed E-state index contributed by atoms with van der Waals surface area (Å²) >= 11 is 1.44. The van der Waals surface area contributed by atoms with Gasteiger partial charge in [-0.25, -0.2) is 9.48 Å². The molecular weight excluding hydrogens is 462 g/mol. The fourth-order valence-corrected chi connectivity index (χ4v) is 5.50. The first-order chi connectivity index (χ1) is 16.7. The van der Waals surface area contributed by atoms with Crippen molar-refractivity contribution in [2.75, 3.05) is 4.90 Å². The van der Waals surface area contributed by atoms with Crippen LogP contribution in [0.4, 0.5) is 5.82 Å². The van der Waals surface area contributed by atoms with Crippen LogP contribution < -0.4 is 4.90 Å². The fourth-order valence-electron chi connectivity index (χ4n) is 4.59. The molecule has 35 heavy (non-hydrogen) atoms. The van der Waals surface area contributed by atoms with Gasteiger partial charge in [0.05, 0.1) is 10.6 Å². The van der Waals surface area contributed by atoms with Crippen molar-refractivity contribution >= 4 is 34.8 Å². The number of ketones is 1. The minimum absolute atomic E-state index is 0.00432. The lowest BCUT2D eigenvalue weighted by atomic mass is 9.82. The van der Waals surface area contributed by atoms with Crippen LogP contribution in [0.5, 0.6) is 0 Å². The van der Waals surface area contributed by atoms with Crippen LogP contribution in [0, 0.1) is 11.8 Å². The highest BCUT2D eigenvalue weighted by Gasteiger charge is 2.34. The van der Waals surface area contributed by atoms with Gasteiger partial charge >= 0.3 is 5.97 Å². The first kappa shape index (κ1) is 24.9. The molecule has 2 heterocycles. The number of aromatic carboxylic acids is 1. The van der Waals surface area contributed by atoms with Gasteiger partial charge in [0.1, 0.15) is 5.56 Å². The number of thiophene rings is 1. The van der Waals surface area contributed by atoms with Gasteiger partial charge < -0.3 is 5.11 Å². The third kappa shape index (κ3) is 5.22. The summed E-state index contributed by atoms with van der Waals surface area (Å²) in [7, 11) is 0. The van der Waals surface area contributed by atoms with Crippen LogP contribution in [0.15, 0.2) is 42.6 Å². The summed E-state index contributed by atoms with van der Waals surface area (Å²) in [5, 5.41) is 14.5. The molecule has 1 aliphatic rings. The van der Waals surface area contributed by atoms with Crippen LogP contribution in [0.1, 0.15) is 73.4 Å². The molecule has 4 rings (SSSR count). The van der Waals surface area contributed by atoms with E-state index in [0.29, 0.717) is 16.5 Å². The summed E-state index contributed by atoms with van der Waals surface area (Å²) < 4.78 is 1.52. The molecule has 0 bridgehead atoms. The number of carbonyl (C=O) groups excluding carboxylic acids is 2. The molecule has 1 fully saturated rings. The molecule has 0 unspecified atom stereocenters. The third-order valence-corrected chi connectivity index (χ3v) is 7.88. The molecular formula is C27H31N3O4S. The van der Waals surface area contributed by atoms with Crippen LogP contribution >= 0.6 is 11.3 Å². The molecule has 2 aromatic heterocycles. The number of hydrogen-bond acceptors (Lipinski definition) is 5. The topological polar surface area (TPSA) is 92.5 Å². The number of amides is 1. The largest absolute Gasteiger partial charge is 0.477 e. The number of hydrogen-bond donors (Lipinski definition) is 1. The van der Waals surface area contributed by atoms with Gasteiger partial charge in [0.15, 0.2) is 11.6 Å². The lowest BCUT2D eigenvalue weighted by Crippen LogP contribution is -2.43. The van der Waals surface area contributed by atoms with Gasteiger partial charge in [-0.05, 0) is 82.2 Å². The average Bonchev–Trinajstić information content (AvgIpc) is 3.48. The monoisotopic (exact) mass is 493 g/mol. The maximum atomic E-state index is 13.5. The van der Waals surface area contributed by atoms with E-state index < -0.39 is 5.97 Å². The van der Waals surface area contributed by atoms with Crippen LogP contribution in [0.2, 0.25) is 0 Å². The first-order valence-corrected chi connectivity index (χ1v) is 12.8. The van der Waals surface area contributed by atoms with Crippen molar-refractivity contribution in [3.63, 3.8) is 0 Å². The Morgan fingerprint density at radius 3 is 2.26 bits per heavy atom. The van der Waals surface area contributed by atoms with E-state index in [0.717, 1.165) is 36.1 Å². The summed E-state index contributed by atoms with van der Waals surface area (Å²) in [6, 6.07) is 11.1. The van der Waals surface area contributed by atoms with Crippen molar-refractivity contribution in [1.82, 2.24) is 9.78 Å². The number of Topliss-reactive ketones (excluding diaryl/α,β-unsaturated/α-hetero) is 1. The van der Waals surface area contributed by atoms with E-state index in [1.165, 1.54) is 22.2 Å². The molecule has 1 aromatic carbocycles. The standard InChI is InChI=1S/C27H31N3O4S/c1-16(2)30(26(32)20-7-5-17(3)6-8-20)25-22(27(33)34)15-29(28-25)21-11-9-19(10-12-21)24-14-13-23(35-24)18(4)31/h9-17,20H,5-8H2,1-4H3,(H,33,34)/t17-,20-. The van der Waals surface area contributed by atoms with E-state index in [1.807, 2.05) is 50.2 Å². The highest BCUT2D eigenvalue weighted by atomic mass is 32.1. The van der Waals surface area contributed by atoms with E-state index in [9.17, 15) is 19.5 Å². The number of benzene rings is 1. The second-order valence-electron chi connectivity index (χ2n) is 9.64. The molecule has 0 spiro atoms. The maximum Gasteiger partial charge on any atom is 0.341 e. The van der Waals surface area contributed by atoms with Crippen molar-refractivity contribution in [3.05, 3.63) is 53.0 Å². The van der Waals surface area contributed by atoms with Gasteiger partial charge in [0.25, 0.3) is 0 Å². The molecule has 1 N–H and O–H groups in total. The van der Waals surface area contributed by atoms with Gasteiger partial charge in [-0.1, -0.05) is 19.1 Å². The Bertz CT molecular complexity index is 1230. The van der Waals surface area contributed by atoms with E-state index in [1.54, 1.807) is 11.8 Å². The van der Waals surface area contributed by atoms with E-state index in [-0.39, 0.29) is 35.0 Å². The molecule has 1 aliphatic carbocycles. The zero-order chi connectivity index (χ0) is 25.3. The summed E-state index contributed by atoms with van der Waals surface area (Å²) in [4.78, 5) is 40.4. The molecule has 0 aliphatic heterocycles. The number of rotatable bonds is 7. The molecule has 3 aromatic rings. The summed E-state index contributed by atoms with van der Waals surface area (Å²) in [5.74, 6) is -0.431. The molecule has 184 valence electrons. The van der Waals surface area contributed by atoms with Crippen LogP contribution in [0.3, 0.4) is 0 Å². The minimum Gasteiger partial charge on any atom is -0.477 e. The quantitative estimate of drug-likeness (QED) is 0.403. The van der Waals surface area contributed by atoms with Gasteiger partial charge in [0.2, 0.25) is 5.91 Å². The van der Waals surface area contributed by atoms with Crippen molar-refractivity contribution in [1.29, 1.82) is 0 Å². The van der Waals surface area contributed by atoms with Gasteiger partial charge in [-0.2, -0.15) is 0 Å². The number of carbonyl (C=O) groups is 3. The summed E-state index contributed by atoms with van der Waals surface area (Å²) in [6.45, 7) is 7.53. The predicted octanol–water partition coefficient (Wildman–Crippen LogP) is 6.07. The Balaban J connectivity index is 1.65. The van der Waals surface area contributed by atoms with Crippen molar-refractivity contribution in [2.24, 2.45) is 11.8 Å². The molecule has 0 atom stereocenters. The van der Waals surface area contributed by atoms with Crippen molar-refractivity contribution in [2.45, 2.75) is 59.4 Å². The molecule has 8 heteroatoms. The number of aromatic nitrogens is 2. The maximum absolute atomic E-state index is 13.5. The molecule has 1 amide bonds. The zero-order valence-electron chi connectivity index (χ0n) is 20.5. The lowest BCUT2D eigenvalue weighted by molar-refractivity contribution is -0.124. The Morgan fingerprint density at radius 1 is 1.06 bits per heavy atom. The summed E-state index contributed by atoms with van der Waals surface area (Å²) in [5.41, 5.74) is 1.65. The van der Waals surface area contributed by atoms with E-state index in [2.05, 4.69) is 12.0 Å². The second kappa shape index (κ2) is 10.2. The number of carboxylic acids is 1. The van der Waals surface area contributed by atoms with Crippen LogP contribution in [0.25, 0.3) is 16.1 Å². The molecule has 1 saturated carbocycles. The molecule has 0 radical (unpaired) electrons. The van der Waals surface area contributed by atoms with Crippen molar-refractivity contribution in [3.8, 4) is 16.1 Å².